The van der Waals surface area contributed by atoms with Gasteiger partial charge in [0.05, 0.1) is 10.7 Å². The zero-order valence-electron chi connectivity index (χ0n) is 13.5. The van der Waals surface area contributed by atoms with E-state index in [4.69, 9.17) is 4.98 Å². The molecule has 1 aliphatic rings. The maximum absolute atomic E-state index is 4.88. The van der Waals surface area contributed by atoms with Crippen molar-refractivity contribution in [2.24, 2.45) is 5.92 Å². The molecule has 1 heterocycles. The minimum Gasteiger partial charge on any atom is -0.314 e. The molecule has 114 valence electrons. The summed E-state index contributed by atoms with van der Waals surface area (Å²) in [7, 11) is 0. The van der Waals surface area contributed by atoms with Gasteiger partial charge in [0.15, 0.2) is 0 Å². The molecule has 1 N–H and O–H groups in total. The Kier molecular flexibility index (Phi) is 5.62. The first kappa shape index (κ1) is 16.0. The van der Waals surface area contributed by atoms with Crippen LogP contribution in [0.4, 0.5) is 0 Å². The van der Waals surface area contributed by atoms with Crippen LogP contribution < -0.4 is 5.32 Å². The Morgan fingerprint density at radius 1 is 1.30 bits per heavy atom. The Hall–Kier alpha value is -0.410. The molecule has 2 atom stereocenters. The van der Waals surface area contributed by atoms with Gasteiger partial charge in [0.1, 0.15) is 0 Å². The number of hydrogen-bond donors (Lipinski definition) is 1. The minimum atomic E-state index is 0.185. The van der Waals surface area contributed by atoms with Gasteiger partial charge in [0.25, 0.3) is 0 Å². The van der Waals surface area contributed by atoms with Crippen molar-refractivity contribution in [2.45, 2.75) is 77.7 Å². The van der Waals surface area contributed by atoms with Gasteiger partial charge in [-0.1, -0.05) is 40.5 Å². The number of thiazole rings is 1. The molecule has 1 saturated carbocycles. The number of nitrogens with zero attached hydrogens (tertiary/aromatic N) is 1. The molecule has 0 bridgehead atoms. The summed E-state index contributed by atoms with van der Waals surface area (Å²) in [5, 5.41) is 7.25. The first-order valence-electron chi connectivity index (χ1n) is 8.17. The number of rotatable bonds is 4. The number of hydrogen-bond acceptors (Lipinski definition) is 3. The smallest absolute Gasteiger partial charge is 0.0931 e. The third kappa shape index (κ3) is 4.56. The maximum Gasteiger partial charge on any atom is 0.0931 e. The topological polar surface area (TPSA) is 24.9 Å². The largest absolute Gasteiger partial charge is 0.314 e. The fraction of sp³-hybridized carbons (Fsp3) is 0.824. The summed E-state index contributed by atoms with van der Waals surface area (Å²) < 4.78 is 0. The van der Waals surface area contributed by atoms with Crippen LogP contribution >= 0.6 is 11.3 Å². The van der Waals surface area contributed by atoms with Crippen molar-refractivity contribution < 1.29 is 0 Å². The van der Waals surface area contributed by atoms with Crippen molar-refractivity contribution in [3.05, 3.63) is 16.1 Å². The fourth-order valence-corrected chi connectivity index (χ4v) is 4.25. The molecule has 1 aromatic heterocycles. The van der Waals surface area contributed by atoms with Gasteiger partial charge in [-0.2, -0.15) is 0 Å². The minimum absolute atomic E-state index is 0.185. The molecule has 2 nitrogen and oxygen atoms in total. The summed E-state index contributed by atoms with van der Waals surface area (Å²) in [4.78, 5) is 4.88. The predicted octanol–water partition coefficient (Wildman–Crippen LogP) is 4.54. The third-order valence-electron chi connectivity index (χ3n) is 4.31. The van der Waals surface area contributed by atoms with Gasteiger partial charge in [-0.15, -0.1) is 11.3 Å². The van der Waals surface area contributed by atoms with E-state index in [0.717, 1.165) is 18.5 Å². The third-order valence-corrected chi connectivity index (χ3v) is 5.18. The summed E-state index contributed by atoms with van der Waals surface area (Å²) >= 11 is 1.86. The zero-order chi connectivity index (χ0) is 14.6. The van der Waals surface area contributed by atoms with Gasteiger partial charge in [-0.25, -0.2) is 4.98 Å². The normalized spacial score (nSPS) is 24.6. The maximum atomic E-state index is 4.88. The average Bonchev–Trinajstić information content (AvgIpc) is 2.72. The lowest BCUT2D eigenvalue weighted by Crippen LogP contribution is -2.30. The van der Waals surface area contributed by atoms with Crippen LogP contribution in [0.5, 0.6) is 0 Å². The second kappa shape index (κ2) is 7.04. The van der Waals surface area contributed by atoms with Crippen LogP contribution in [0, 0.1) is 5.92 Å². The standard InChI is InChI=1S/C17H30N2S/c1-5-18-14-9-7-6-8-13(10-14)11-16-19-15(12-20-16)17(2,3)4/h12-14,18H,5-11H2,1-4H3. The monoisotopic (exact) mass is 294 g/mol. The van der Waals surface area contributed by atoms with E-state index in [2.05, 4.69) is 38.4 Å². The Morgan fingerprint density at radius 3 is 2.70 bits per heavy atom. The second-order valence-electron chi connectivity index (χ2n) is 7.22. The molecule has 1 aliphatic carbocycles. The van der Waals surface area contributed by atoms with Crippen LogP contribution in [-0.4, -0.2) is 17.6 Å². The van der Waals surface area contributed by atoms with E-state index in [-0.39, 0.29) is 5.41 Å². The lowest BCUT2D eigenvalue weighted by atomic mass is 9.93. The average molecular weight is 295 g/mol. The molecule has 1 fully saturated rings. The first-order chi connectivity index (χ1) is 9.49. The van der Waals surface area contributed by atoms with E-state index >= 15 is 0 Å². The lowest BCUT2D eigenvalue weighted by Gasteiger charge is -2.20. The summed E-state index contributed by atoms with van der Waals surface area (Å²) in [6.45, 7) is 10.1. The van der Waals surface area contributed by atoms with Gasteiger partial charge in [-0.3, -0.25) is 0 Å². The highest BCUT2D eigenvalue weighted by atomic mass is 32.1. The van der Waals surface area contributed by atoms with Gasteiger partial charge < -0.3 is 5.32 Å². The number of aromatic nitrogens is 1. The Bertz CT molecular complexity index is 405. The van der Waals surface area contributed by atoms with E-state index in [1.54, 1.807) is 0 Å². The van der Waals surface area contributed by atoms with Crippen molar-refractivity contribution in [3.63, 3.8) is 0 Å². The Morgan fingerprint density at radius 2 is 2.05 bits per heavy atom. The van der Waals surface area contributed by atoms with Crippen molar-refractivity contribution in [1.82, 2.24) is 10.3 Å². The summed E-state index contributed by atoms with van der Waals surface area (Å²) in [5.41, 5.74) is 1.44. The van der Waals surface area contributed by atoms with E-state index in [1.807, 2.05) is 11.3 Å². The van der Waals surface area contributed by atoms with E-state index in [0.29, 0.717) is 0 Å². The summed E-state index contributed by atoms with van der Waals surface area (Å²) in [6.07, 6.45) is 8.03. The Labute approximate surface area is 128 Å². The highest BCUT2D eigenvalue weighted by Crippen LogP contribution is 2.29. The van der Waals surface area contributed by atoms with Crippen molar-refractivity contribution in [2.75, 3.05) is 6.54 Å². The molecule has 2 rings (SSSR count). The van der Waals surface area contributed by atoms with Crippen molar-refractivity contribution >= 4 is 11.3 Å². The summed E-state index contributed by atoms with van der Waals surface area (Å²) in [5.74, 6) is 0.820. The molecule has 0 spiro atoms. The fourth-order valence-electron chi connectivity index (χ4n) is 3.12. The van der Waals surface area contributed by atoms with Gasteiger partial charge in [0.2, 0.25) is 0 Å². The molecule has 20 heavy (non-hydrogen) atoms. The van der Waals surface area contributed by atoms with E-state index in [1.165, 1.54) is 49.2 Å². The van der Waals surface area contributed by atoms with Gasteiger partial charge in [0, 0.05) is 23.3 Å². The molecule has 0 radical (unpaired) electrons. The molecule has 0 amide bonds. The van der Waals surface area contributed by atoms with Crippen LogP contribution in [0.15, 0.2) is 5.38 Å². The lowest BCUT2D eigenvalue weighted by molar-refractivity contribution is 0.388. The predicted molar refractivity (Wildman–Crippen MR) is 88.6 cm³/mol. The van der Waals surface area contributed by atoms with Crippen LogP contribution in [0.3, 0.4) is 0 Å². The van der Waals surface area contributed by atoms with Gasteiger partial charge >= 0.3 is 0 Å². The number of nitrogens with one attached hydrogen (secondary N) is 1. The van der Waals surface area contributed by atoms with Crippen LogP contribution in [0.1, 0.15) is 70.5 Å². The molecule has 3 heteroatoms. The highest BCUT2D eigenvalue weighted by molar-refractivity contribution is 7.09. The van der Waals surface area contributed by atoms with Crippen molar-refractivity contribution in [1.29, 1.82) is 0 Å². The molecule has 1 aromatic rings. The van der Waals surface area contributed by atoms with Crippen LogP contribution in [-0.2, 0) is 11.8 Å². The van der Waals surface area contributed by atoms with E-state index in [9.17, 15) is 0 Å². The molecule has 0 aliphatic heterocycles. The SMILES string of the molecule is CCNC1CCCCC(Cc2nc(C(C)(C)C)cs2)C1. The van der Waals surface area contributed by atoms with Crippen molar-refractivity contribution in [3.8, 4) is 0 Å². The first-order valence-corrected chi connectivity index (χ1v) is 9.05. The molecular weight excluding hydrogens is 264 g/mol. The van der Waals surface area contributed by atoms with Crippen LogP contribution in [0.25, 0.3) is 0 Å². The molecular formula is C17H30N2S. The van der Waals surface area contributed by atoms with Gasteiger partial charge in [-0.05, 0) is 31.7 Å². The molecule has 0 aromatic carbocycles. The molecule has 0 saturated heterocycles. The van der Waals surface area contributed by atoms with Crippen LogP contribution in [0.2, 0.25) is 0 Å². The molecule has 2 unspecified atom stereocenters. The van der Waals surface area contributed by atoms with E-state index < -0.39 is 0 Å². The second-order valence-corrected chi connectivity index (χ2v) is 8.16. The summed E-state index contributed by atoms with van der Waals surface area (Å²) in [6, 6.07) is 0.731. The zero-order valence-corrected chi connectivity index (χ0v) is 14.4. The Balaban J connectivity index is 1.95. The highest BCUT2D eigenvalue weighted by Gasteiger charge is 2.22. The quantitative estimate of drug-likeness (QED) is 0.825.